The van der Waals surface area contributed by atoms with Crippen molar-refractivity contribution in [3.05, 3.63) is 29.8 Å². The highest BCUT2D eigenvalue weighted by Gasteiger charge is 2.37. The van der Waals surface area contributed by atoms with Crippen LogP contribution in [0, 0.1) is 0 Å². The van der Waals surface area contributed by atoms with Crippen molar-refractivity contribution < 1.29 is 9.84 Å². The van der Waals surface area contributed by atoms with Gasteiger partial charge in [-0.05, 0) is 64.2 Å². The Morgan fingerprint density at radius 2 is 1.59 bits per heavy atom. The van der Waals surface area contributed by atoms with Gasteiger partial charge < -0.3 is 20.5 Å². The summed E-state index contributed by atoms with van der Waals surface area (Å²) < 4.78 is 5.72. The lowest BCUT2D eigenvalue weighted by molar-refractivity contribution is 0.0901. The molecule has 4 nitrogen and oxygen atoms in total. The lowest BCUT2D eigenvalue weighted by Gasteiger charge is -2.47. The number of aliphatic hydroxyl groups is 1. The van der Waals surface area contributed by atoms with Gasteiger partial charge in [0, 0.05) is 23.7 Å². The van der Waals surface area contributed by atoms with Gasteiger partial charge in [0.1, 0.15) is 18.5 Å². The van der Waals surface area contributed by atoms with Crippen LogP contribution in [0.2, 0.25) is 0 Å². The molecular formula is C21H38Cl2N2O2. The van der Waals surface area contributed by atoms with E-state index in [2.05, 4.69) is 64.3 Å². The van der Waals surface area contributed by atoms with Gasteiger partial charge in [0.25, 0.3) is 0 Å². The number of aliphatic hydroxyl groups excluding tert-OH is 1. The Hall–Kier alpha value is -0.520. The largest absolute Gasteiger partial charge is 0.491 e. The number of hydrogen-bond acceptors (Lipinski definition) is 4. The van der Waals surface area contributed by atoms with E-state index in [4.69, 9.17) is 4.74 Å². The molecule has 0 spiro atoms. The third-order valence-corrected chi connectivity index (χ3v) is 4.82. The SMILES string of the molecule is CC(C)c1ccc(OCC(O)CNC2CC(C)(C)NC(C)(C)C2)cc1.Cl.Cl. The first-order valence-corrected chi connectivity index (χ1v) is 9.50. The molecule has 1 atom stereocenters. The van der Waals surface area contributed by atoms with Crippen LogP contribution in [0.1, 0.15) is 65.9 Å². The van der Waals surface area contributed by atoms with E-state index in [0.717, 1.165) is 18.6 Å². The van der Waals surface area contributed by atoms with Crippen molar-refractivity contribution in [1.82, 2.24) is 10.6 Å². The molecule has 0 amide bonds. The molecule has 6 heteroatoms. The number of benzene rings is 1. The first-order valence-electron chi connectivity index (χ1n) is 9.50. The molecule has 0 bridgehead atoms. The van der Waals surface area contributed by atoms with Crippen LogP contribution in [0.3, 0.4) is 0 Å². The Kier molecular flexibility index (Phi) is 10.7. The van der Waals surface area contributed by atoms with Crippen molar-refractivity contribution in [2.24, 2.45) is 0 Å². The molecule has 3 N–H and O–H groups in total. The quantitative estimate of drug-likeness (QED) is 0.615. The van der Waals surface area contributed by atoms with Crippen LogP contribution in [0.4, 0.5) is 0 Å². The van der Waals surface area contributed by atoms with Crippen molar-refractivity contribution in [3.63, 3.8) is 0 Å². The van der Waals surface area contributed by atoms with Crippen molar-refractivity contribution in [1.29, 1.82) is 0 Å². The second-order valence-electron chi connectivity index (χ2n) is 9.09. The molecule has 0 aromatic heterocycles. The van der Waals surface area contributed by atoms with Gasteiger partial charge in [-0.2, -0.15) is 0 Å². The lowest BCUT2D eigenvalue weighted by Crippen LogP contribution is -2.62. The number of halogens is 2. The van der Waals surface area contributed by atoms with E-state index in [0.29, 0.717) is 25.1 Å². The van der Waals surface area contributed by atoms with E-state index in [1.807, 2.05) is 12.1 Å². The molecule has 27 heavy (non-hydrogen) atoms. The Balaban J connectivity index is 0.00000338. The molecule has 158 valence electrons. The number of piperidine rings is 1. The molecule has 1 saturated heterocycles. The first-order chi connectivity index (χ1) is 11.6. The predicted molar refractivity (Wildman–Crippen MR) is 119 cm³/mol. The number of ether oxygens (including phenoxy) is 1. The van der Waals surface area contributed by atoms with Gasteiger partial charge in [0.2, 0.25) is 0 Å². The van der Waals surface area contributed by atoms with Gasteiger partial charge in [0.15, 0.2) is 0 Å². The van der Waals surface area contributed by atoms with Gasteiger partial charge in [-0.1, -0.05) is 26.0 Å². The van der Waals surface area contributed by atoms with Crippen molar-refractivity contribution in [2.45, 2.75) is 83.5 Å². The van der Waals surface area contributed by atoms with Gasteiger partial charge in [-0.25, -0.2) is 0 Å². The summed E-state index contributed by atoms with van der Waals surface area (Å²) in [4.78, 5) is 0. The van der Waals surface area contributed by atoms with Crippen molar-refractivity contribution in [2.75, 3.05) is 13.2 Å². The van der Waals surface area contributed by atoms with Crippen LogP contribution in [0.25, 0.3) is 0 Å². The standard InChI is InChI=1S/C21H36N2O2.2ClH/c1-15(2)16-7-9-19(10-8-16)25-14-18(24)13-22-17-11-20(3,4)23-21(5,6)12-17;;/h7-10,15,17-18,22-24H,11-14H2,1-6H3;2*1H. The molecule has 1 fully saturated rings. The summed E-state index contributed by atoms with van der Waals surface area (Å²) in [5.74, 6) is 1.33. The smallest absolute Gasteiger partial charge is 0.119 e. The summed E-state index contributed by atoms with van der Waals surface area (Å²) in [6.45, 7) is 14.2. The highest BCUT2D eigenvalue weighted by molar-refractivity contribution is 5.85. The molecule has 1 aliphatic heterocycles. The van der Waals surface area contributed by atoms with Crippen molar-refractivity contribution in [3.8, 4) is 5.75 Å². The van der Waals surface area contributed by atoms with E-state index in [1.54, 1.807) is 0 Å². The van der Waals surface area contributed by atoms with Crippen LogP contribution in [-0.2, 0) is 0 Å². The number of nitrogens with one attached hydrogen (secondary N) is 2. The highest BCUT2D eigenvalue weighted by atomic mass is 35.5. The lowest BCUT2D eigenvalue weighted by atomic mass is 9.79. The zero-order chi connectivity index (χ0) is 18.7. The van der Waals surface area contributed by atoms with E-state index >= 15 is 0 Å². The van der Waals surface area contributed by atoms with Gasteiger partial charge in [-0.3, -0.25) is 0 Å². The summed E-state index contributed by atoms with van der Waals surface area (Å²) in [6.07, 6.45) is 1.60. The fraction of sp³-hybridized carbons (Fsp3) is 0.714. The van der Waals surface area contributed by atoms with Gasteiger partial charge in [0.05, 0.1) is 0 Å². The minimum atomic E-state index is -0.508. The zero-order valence-electron chi connectivity index (χ0n) is 17.5. The Morgan fingerprint density at radius 1 is 1.07 bits per heavy atom. The van der Waals surface area contributed by atoms with E-state index in [9.17, 15) is 5.11 Å². The van der Waals surface area contributed by atoms with Gasteiger partial charge in [-0.15, -0.1) is 24.8 Å². The molecule has 0 saturated carbocycles. The zero-order valence-corrected chi connectivity index (χ0v) is 19.2. The number of hydrogen-bond donors (Lipinski definition) is 3. The summed E-state index contributed by atoms with van der Waals surface area (Å²) in [5, 5.41) is 17.4. The third-order valence-electron chi connectivity index (χ3n) is 4.82. The van der Waals surface area contributed by atoms with E-state index < -0.39 is 6.10 Å². The number of rotatable bonds is 7. The van der Waals surface area contributed by atoms with Crippen LogP contribution in [0.5, 0.6) is 5.75 Å². The van der Waals surface area contributed by atoms with Crippen LogP contribution in [-0.4, -0.2) is 41.5 Å². The van der Waals surface area contributed by atoms with Crippen LogP contribution < -0.4 is 15.4 Å². The fourth-order valence-electron chi connectivity index (χ4n) is 3.97. The Morgan fingerprint density at radius 3 is 2.07 bits per heavy atom. The summed E-state index contributed by atoms with van der Waals surface area (Å²) >= 11 is 0. The summed E-state index contributed by atoms with van der Waals surface area (Å²) in [5.41, 5.74) is 1.52. The maximum atomic E-state index is 10.2. The topological polar surface area (TPSA) is 53.5 Å². The molecule has 1 aliphatic rings. The van der Waals surface area contributed by atoms with E-state index in [-0.39, 0.29) is 35.9 Å². The molecular weight excluding hydrogens is 383 g/mol. The minimum Gasteiger partial charge on any atom is -0.491 e. The normalized spacial score (nSPS) is 19.7. The van der Waals surface area contributed by atoms with Crippen LogP contribution in [0.15, 0.2) is 24.3 Å². The second kappa shape index (κ2) is 10.9. The molecule has 1 aromatic rings. The molecule has 0 radical (unpaired) electrons. The second-order valence-corrected chi connectivity index (χ2v) is 9.09. The maximum absolute atomic E-state index is 10.2. The molecule has 0 aliphatic carbocycles. The molecule has 1 unspecified atom stereocenters. The fourth-order valence-corrected chi connectivity index (χ4v) is 3.97. The van der Waals surface area contributed by atoms with Crippen LogP contribution >= 0.6 is 24.8 Å². The van der Waals surface area contributed by atoms with E-state index in [1.165, 1.54) is 5.56 Å². The van der Waals surface area contributed by atoms with Gasteiger partial charge >= 0.3 is 0 Å². The molecule has 2 rings (SSSR count). The summed E-state index contributed by atoms with van der Waals surface area (Å²) in [6, 6.07) is 8.54. The maximum Gasteiger partial charge on any atom is 0.119 e. The molecule has 1 aromatic carbocycles. The summed E-state index contributed by atoms with van der Waals surface area (Å²) in [7, 11) is 0. The Labute approximate surface area is 177 Å². The highest BCUT2D eigenvalue weighted by Crippen LogP contribution is 2.28. The van der Waals surface area contributed by atoms with Crippen molar-refractivity contribution >= 4 is 24.8 Å². The Bertz CT molecular complexity index is 532. The first kappa shape index (κ1) is 26.5. The minimum absolute atomic E-state index is 0. The predicted octanol–water partition coefficient (Wildman–Crippen LogP) is 4.29. The average Bonchev–Trinajstić information content (AvgIpc) is 2.48. The third kappa shape index (κ3) is 9.01. The molecule has 1 heterocycles. The average molecular weight is 421 g/mol. The monoisotopic (exact) mass is 420 g/mol.